The number of furan rings is 1. The molecule has 0 fully saturated rings. The van der Waals surface area contributed by atoms with E-state index >= 15 is 0 Å². The Labute approximate surface area is 143 Å². The quantitative estimate of drug-likeness (QED) is 0.616. The molecular formula is C19H15N3O3. The molecule has 1 aliphatic heterocycles. The smallest absolute Gasteiger partial charge is 0.196 e. The maximum Gasteiger partial charge on any atom is 0.196 e. The van der Waals surface area contributed by atoms with E-state index in [1.807, 2.05) is 42.5 Å². The molecule has 0 aliphatic carbocycles. The van der Waals surface area contributed by atoms with E-state index in [4.69, 9.17) is 13.9 Å². The Morgan fingerprint density at radius 3 is 2.80 bits per heavy atom. The molecular weight excluding hydrogens is 318 g/mol. The van der Waals surface area contributed by atoms with E-state index in [1.54, 1.807) is 6.33 Å². The van der Waals surface area contributed by atoms with E-state index in [-0.39, 0.29) is 0 Å². The van der Waals surface area contributed by atoms with Gasteiger partial charge in [0, 0.05) is 11.9 Å². The maximum atomic E-state index is 5.93. The number of fused-ring (bicyclic) bond motifs is 4. The van der Waals surface area contributed by atoms with Crippen LogP contribution in [0.4, 0.5) is 5.82 Å². The summed E-state index contributed by atoms with van der Waals surface area (Å²) in [6.45, 7) is 1.77. The molecule has 1 aliphatic rings. The average molecular weight is 333 g/mol. The SMILES string of the molecule is c1ccc2c(c1)oc1c(NCc3ccc4c(c3)OCCO4)ncnc12. The van der Waals surface area contributed by atoms with Crippen molar-refractivity contribution in [3.63, 3.8) is 0 Å². The fourth-order valence-electron chi connectivity index (χ4n) is 3.03. The monoisotopic (exact) mass is 333 g/mol. The molecule has 2 aromatic carbocycles. The normalized spacial score (nSPS) is 13.3. The van der Waals surface area contributed by atoms with Crippen LogP contribution >= 0.6 is 0 Å². The van der Waals surface area contributed by atoms with Crippen LogP contribution in [0.15, 0.2) is 53.2 Å². The van der Waals surface area contributed by atoms with Gasteiger partial charge >= 0.3 is 0 Å². The molecule has 3 heterocycles. The average Bonchev–Trinajstić information content (AvgIpc) is 3.05. The van der Waals surface area contributed by atoms with Crippen LogP contribution < -0.4 is 14.8 Å². The third-order valence-corrected chi connectivity index (χ3v) is 4.22. The third kappa shape index (κ3) is 2.42. The van der Waals surface area contributed by atoms with Crippen molar-refractivity contribution >= 4 is 27.9 Å². The molecule has 0 saturated heterocycles. The van der Waals surface area contributed by atoms with Gasteiger partial charge in [0.05, 0.1) is 0 Å². The number of ether oxygens (including phenoxy) is 2. The van der Waals surface area contributed by atoms with Crippen molar-refractivity contribution < 1.29 is 13.9 Å². The van der Waals surface area contributed by atoms with Crippen molar-refractivity contribution in [2.24, 2.45) is 0 Å². The van der Waals surface area contributed by atoms with E-state index in [1.165, 1.54) is 0 Å². The van der Waals surface area contributed by atoms with Crippen LogP contribution in [0.1, 0.15) is 5.56 Å². The second-order valence-corrected chi connectivity index (χ2v) is 5.83. The number of aromatic nitrogens is 2. The van der Waals surface area contributed by atoms with Gasteiger partial charge in [-0.1, -0.05) is 18.2 Å². The summed E-state index contributed by atoms with van der Waals surface area (Å²) >= 11 is 0. The summed E-state index contributed by atoms with van der Waals surface area (Å²) in [6.07, 6.45) is 1.55. The number of benzene rings is 2. The maximum absolute atomic E-state index is 5.93. The van der Waals surface area contributed by atoms with Crippen LogP contribution in [-0.4, -0.2) is 23.2 Å². The molecule has 0 spiro atoms. The zero-order valence-corrected chi connectivity index (χ0v) is 13.4. The lowest BCUT2D eigenvalue weighted by atomic mass is 10.2. The number of anilines is 1. The highest BCUT2D eigenvalue weighted by Crippen LogP contribution is 2.32. The lowest BCUT2D eigenvalue weighted by Gasteiger charge is -2.19. The number of nitrogens with one attached hydrogen (secondary N) is 1. The van der Waals surface area contributed by atoms with Crippen molar-refractivity contribution in [2.45, 2.75) is 6.54 Å². The highest BCUT2D eigenvalue weighted by Gasteiger charge is 2.14. The molecule has 0 radical (unpaired) electrons. The number of rotatable bonds is 3. The van der Waals surface area contributed by atoms with Crippen LogP contribution in [-0.2, 0) is 6.54 Å². The standard InChI is InChI=1S/C19H15N3O3/c1-2-4-14-13(3-1)17-18(25-14)19(22-11-21-17)20-10-12-5-6-15-16(9-12)24-8-7-23-15/h1-6,9,11H,7-8,10H2,(H,20,21,22). The molecule has 0 bridgehead atoms. The Kier molecular flexibility index (Phi) is 3.19. The van der Waals surface area contributed by atoms with Gasteiger partial charge in [-0.15, -0.1) is 0 Å². The van der Waals surface area contributed by atoms with Crippen LogP contribution in [0, 0.1) is 0 Å². The first-order valence-electron chi connectivity index (χ1n) is 8.13. The van der Waals surface area contributed by atoms with Gasteiger partial charge in [-0.2, -0.15) is 0 Å². The van der Waals surface area contributed by atoms with Gasteiger partial charge in [-0.25, -0.2) is 9.97 Å². The predicted molar refractivity (Wildman–Crippen MR) is 94.1 cm³/mol. The van der Waals surface area contributed by atoms with Gasteiger partial charge in [0.1, 0.15) is 30.6 Å². The summed E-state index contributed by atoms with van der Waals surface area (Å²) in [4.78, 5) is 8.69. The molecule has 4 aromatic rings. The molecule has 2 aromatic heterocycles. The van der Waals surface area contributed by atoms with Crippen molar-refractivity contribution in [3.8, 4) is 11.5 Å². The Bertz CT molecular complexity index is 1070. The number of nitrogens with zero attached hydrogens (tertiary/aromatic N) is 2. The summed E-state index contributed by atoms with van der Waals surface area (Å²) in [5.41, 5.74) is 3.36. The summed E-state index contributed by atoms with van der Waals surface area (Å²) in [5, 5.41) is 4.32. The molecule has 6 heteroatoms. The molecule has 0 saturated carbocycles. The highest BCUT2D eigenvalue weighted by molar-refractivity contribution is 6.05. The lowest BCUT2D eigenvalue weighted by Crippen LogP contribution is -2.15. The van der Waals surface area contributed by atoms with Crippen molar-refractivity contribution in [3.05, 3.63) is 54.4 Å². The molecule has 0 atom stereocenters. The lowest BCUT2D eigenvalue weighted by molar-refractivity contribution is 0.171. The largest absolute Gasteiger partial charge is 0.486 e. The van der Waals surface area contributed by atoms with Gasteiger partial charge in [0.15, 0.2) is 22.9 Å². The van der Waals surface area contributed by atoms with Gasteiger partial charge in [-0.3, -0.25) is 0 Å². The van der Waals surface area contributed by atoms with E-state index in [9.17, 15) is 0 Å². The number of hydrogen-bond donors (Lipinski definition) is 1. The predicted octanol–water partition coefficient (Wildman–Crippen LogP) is 3.76. The van der Waals surface area contributed by atoms with E-state index < -0.39 is 0 Å². The third-order valence-electron chi connectivity index (χ3n) is 4.22. The first-order valence-corrected chi connectivity index (χ1v) is 8.13. The number of para-hydroxylation sites is 1. The summed E-state index contributed by atoms with van der Waals surface area (Å²) in [5.74, 6) is 2.25. The van der Waals surface area contributed by atoms with E-state index in [2.05, 4.69) is 15.3 Å². The van der Waals surface area contributed by atoms with Crippen LogP contribution in [0.25, 0.3) is 22.1 Å². The Balaban J connectivity index is 1.46. The van der Waals surface area contributed by atoms with Crippen molar-refractivity contribution in [1.29, 1.82) is 0 Å². The zero-order valence-electron chi connectivity index (χ0n) is 13.4. The Morgan fingerprint density at radius 2 is 1.84 bits per heavy atom. The first kappa shape index (κ1) is 14.1. The minimum Gasteiger partial charge on any atom is -0.486 e. The summed E-state index contributed by atoms with van der Waals surface area (Å²) in [6, 6.07) is 13.8. The summed E-state index contributed by atoms with van der Waals surface area (Å²) < 4.78 is 17.1. The van der Waals surface area contributed by atoms with E-state index in [0.717, 1.165) is 33.5 Å². The number of hydrogen-bond acceptors (Lipinski definition) is 6. The van der Waals surface area contributed by atoms with Crippen molar-refractivity contribution in [1.82, 2.24) is 9.97 Å². The minimum atomic E-state index is 0.579. The fraction of sp³-hybridized carbons (Fsp3) is 0.158. The Hall–Kier alpha value is -3.28. The second kappa shape index (κ2) is 5.66. The molecule has 124 valence electrons. The zero-order chi connectivity index (χ0) is 16.6. The minimum absolute atomic E-state index is 0.579. The van der Waals surface area contributed by atoms with Gasteiger partial charge < -0.3 is 19.2 Å². The molecule has 1 N–H and O–H groups in total. The summed E-state index contributed by atoms with van der Waals surface area (Å²) in [7, 11) is 0. The second-order valence-electron chi connectivity index (χ2n) is 5.83. The first-order chi connectivity index (χ1) is 12.4. The van der Waals surface area contributed by atoms with E-state index in [0.29, 0.717) is 31.2 Å². The van der Waals surface area contributed by atoms with Crippen LogP contribution in [0.5, 0.6) is 11.5 Å². The van der Waals surface area contributed by atoms with Gasteiger partial charge in [0.2, 0.25) is 0 Å². The molecule has 6 nitrogen and oxygen atoms in total. The molecule has 5 rings (SSSR count). The van der Waals surface area contributed by atoms with Crippen molar-refractivity contribution in [2.75, 3.05) is 18.5 Å². The van der Waals surface area contributed by atoms with Crippen LogP contribution in [0.2, 0.25) is 0 Å². The molecule has 0 amide bonds. The topological polar surface area (TPSA) is 69.4 Å². The molecule has 25 heavy (non-hydrogen) atoms. The Morgan fingerprint density at radius 1 is 0.960 bits per heavy atom. The highest BCUT2D eigenvalue weighted by atomic mass is 16.6. The molecule has 0 unspecified atom stereocenters. The van der Waals surface area contributed by atoms with Gasteiger partial charge in [0.25, 0.3) is 0 Å². The van der Waals surface area contributed by atoms with Gasteiger partial charge in [-0.05, 0) is 29.8 Å². The van der Waals surface area contributed by atoms with Crippen LogP contribution in [0.3, 0.4) is 0 Å². The fourth-order valence-corrected chi connectivity index (χ4v) is 3.03.